The van der Waals surface area contributed by atoms with Gasteiger partial charge in [0.1, 0.15) is 5.03 Å². The van der Waals surface area contributed by atoms with Gasteiger partial charge in [-0.1, -0.05) is 20.8 Å². The van der Waals surface area contributed by atoms with Gasteiger partial charge < -0.3 is 0 Å². The van der Waals surface area contributed by atoms with Crippen molar-refractivity contribution in [1.82, 2.24) is 9.97 Å². The van der Waals surface area contributed by atoms with Gasteiger partial charge >= 0.3 is 0 Å². The van der Waals surface area contributed by atoms with Crippen molar-refractivity contribution < 1.29 is 0 Å². The molecule has 1 rings (SSSR count). The smallest absolute Gasteiger partial charge is 0.223 e. The Hall–Kier alpha value is -0.280. The third-order valence-electron chi connectivity index (χ3n) is 1.01. The molecule has 0 atom stereocenters. The van der Waals surface area contributed by atoms with Crippen LogP contribution < -0.4 is 0 Å². The van der Waals surface area contributed by atoms with Crippen molar-refractivity contribution in [3.8, 4) is 0 Å². The average molecular weight is 203 g/mol. The summed E-state index contributed by atoms with van der Waals surface area (Å²) >= 11 is 7.32. The molecule has 0 aromatic carbocycles. The van der Waals surface area contributed by atoms with E-state index in [0.717, 1.165) is 5.03 Å². The second-order valence-corrected chi connectivity index (χ2v) is 5.56. The van der Waals surface area contributed by atoms with Crippen molar-refractivity contribution in [2.45, 2.75) is 30.5 Å². The van der Waals surface area contributed by atoms with Crippen LogP contribution in [0, 0.1) is 0 Å². The van der Waals surface area contributed by atoms with Gasteiger partial charge in [0.2, 0.25) is 5.28 Å². The summed E-state index contributed by atoms with van der Waals surface area (Å²) in [5, 5.41) is 1.23. The molecule has 2 nitrogen and oxygen atoms in total. The summed E-state index contributed by atoms with van der Waals surface area (Å²) in [5.41, 5.74) is 0. The lowest BCUT2D eigenvalue weighted by atomic mass is 10.3. The first-order valence-corrected chi connectivity index (χ1v) is 4.84. The van der Waals surface area contributed by atoms with Crippen LogP contribution in [0.2, 0.25) is 5.28 Å². The molecule has 12 heavy (non-hydrogen) atoms. The van der Waals surface area contributed by atoms with Crippen LogP contribution in [0.1, 0.15) is 20.8 Å². The molecule has 0 aliphatic carbocycles. The monoisotopic (exact) mass is 202 g/mol. The van der Waals surface area contributed by atoms with Gasteiger partial charge in [-0.15, -0.1) is 11.8 Å². The second-order valence-electron chi connectivity index (χ2n) is 3.38. The Bertz CT molecular complexity index is 270. The van der Waals surface area contributed by atoms with Crippen molar-refractivity contribution in [1.29, 1.82) is 0 Å². The molecule has 0 N–H and O–H groups in total. The Kier molecular flexibility index (Phi) is 2.96. The first-order chi connectivity index (χ1) is 5.47. The van der Waals surface area contributed by atoms with Crippen LogP contribution in [0.5, 0.6) is 0 Å². The van der Waals surface area contributed by atoms with Crippen LogP contribution >= 0.6 is 23.4 Å². The number of nitrogens with zero attached hydrogens (tertiary/aromatic N) is 2. The van der Waals surface area contributed by atoms with Gasteiger partial charge in [0, 0.05) is 10.9 Å². The van der Waals surface area contributed by atoms with Crippen LogP contribution in [0.4, 0.5) is 0 Å². The molecule has 66 valence electrons. The molecular weight excluding hydrogens is 192 g/mol. The lowest BCUT2D eigenvalue weighted by Gasteiger charge is -2.16. The SMILES string of the molecule is CC(C)(C)Sc1ccnc(Cl)n1. The van der Waals surface area contributed by atoms with E-state index in [1.807, 2.05) is 6.07 Å². The fraction of sp³-hybridized carbons (Fsp3) is 0.500. The first-order valence-electron chi connectivity index (χ1n) is 3.65. The quantitative estimate of drug-likeness (QED) is 0.398. The molecule has 1 aromatic rings. The Morgan fingerprint density at radius 1 is 1.42 bits per heavy atom. The maximum Gasteiger partial charge on any atom is 0.223 e. The topological polar surface area (TPSA) is 25.8 Å². The summed E-state index contributed by atoms with van der Waals surface area (Å²) in [6, 6.07) is 1.86. The summed E-state index contributed by atoms with van der Waals surface area (Å²) in [6.07, 6.45) is 1.67. The van der Waals surface area contributed by atoms with E-state index >= 15 is 0 Å². The van der Waals surface area contributed by atoms with Crippen LogP contribution in [-0.2, 0) is 0 Å². The second kappa shape index (κ2) is 3.62. The zero-order valence-electron chi connectivity index (χ0n) is 7.34. The van der Waals surface area contributed by atoms with Gasteiger partial charge in [-0.25, -0.2) is 9.97 Å². The first kappa shape index (κ1) is 9.81. The molecule has 0 spiro atoms. The summed E-state index contributed by atoms with van der Waals surface area (Å²) in [6.45, 7) is 6.40. The molecule has 0 fully saturated rings. The highest BCUT2D eigenvalue weighted by Crippen LogP contribution is 2.30. The summed E-state index contributed by atoms with van der Waals surface area (Å²) in [4.78, 5) is 7.89. The van der Waals surface area contributed by atoms with Gasteiger partial charge in [0.25, 0.3) is 0 Å². The normalized spacial score (nSPS) is 11.7. The van der Waals surface area contributed by atoms with Crippen molar-refractivity contribution in [2.75, 3.05) is 0 Å². The third-order valence-corrected chi connectivity index (χ3v) is 2.24. The molecule has 0 saturated carbocycles. The Morgan fingerprint density at radius 3 is 2.58 bits per heavy atom. The molecule has 0 saturated heterocycles. The van der Waals surface area contributed by atoms with Crippen molar-refractivity contribution >= 4 is 23.4 Å². The fourth-order valence-corrected chi connectivity index (χ4v) is 1.78. The summed E-state index contributed by atoms with van der Waals surface area (Å²) in [7, 11) is 0. The predicted molar refractivity (Wildman–Crippen MR) is 52.7 cm³/mol. The molecule has 0 aliphatic heterocycles. The van der Waals surface area contributed by atoms with Gasteiger partial charge in [-0.2, -0.15) is 0 Å². The third kappa shape index (κ3) is 3.41. The molecule has 1 aromatic heterocycles. The zero-order chi connectivity index (χ0) is 9.19. The maximum absolute atomic E-state index is 5.64. The number of hydrogen-bond donors (Lipinski definition) is 0. The molecule has 0 bridgehead atoms. The van der Waals surface area contributed by atoms with Crippen LogP contribution in [0.3, 0.4) is 0 Å². The van der Waals surface area contributed by atoms with E-state index in [-0.39, 0.29) is 4.75 Å². The maximum atomic E-state index is 5.64. The van der Waals surface area contributed by atoms with E-state index in [2.05, 4.69) is 30.7 Å². The molecule has 0 amide bonds. The zero-order valence-corrected chi connectivity index (χ0v) is 8.91. The van der Waals surface area contributed by atoms with Crippen molar-refractivity contribution in [2.24, 2.45) is 0 Å². The van der Waals surface area contributed by atoms with E-state index in [1.54, 1.807) is 18.0 Å². The minimum Gasteiger partial charge on any atom is -0.226 e. The standard InChI is InChI=1S/C8H11ClN2S/c1-8(2,3)12-6-4-5-10-7(9)11-6/h4-5H,1-3H3. The molecule has 4 heteroatoms. The highest BCUT2D eigenvalue weighted by Gasteiger charge is 2.12. The lowest BCUT2D eigenvalue weighted by Crippen LogP contribution is -2.07. The number of halogens is 1. The van der Waals surface area contributed by atoms with E-state index in [4.69, 9.17) is 11.6 Å². The summed E-state index contributed by atoms with van der Waals surface area (Å²) in [5.74, 6) is 0. The Morgan fingerprint density at radius 2 is 2.08 bits per heavy atom. The minimum atomic E-state index is 0.164. The Balaban J connectivity index is 2.77. The number of rotatable bonds is 1. The van der Waals surface area contributed by atoms with Gasteiger partial charge in [-0.3, -0.25) is 0 Å². The highest BCUT2D eigenvalue weighted by atomic mass is 35.5. The van der Waals surface area contributed by atoms with Crippen molar-refractivity contribution in [3.63, 3.8) is 0 Å². The van der Waals surface area contributed by atoms with Gasteiger partial charge in [0.15, 0.2) is 0 Å². The minimum absolute atomic E-state index is 0.164. The highest BCUT2D eigenvalue weighted by molar-refractivity contribution is 8.00. The van der Waals surface area contributed by atoms with E-state index in [0.29, 0.717) is 5.28 Å². The number of aromatic nitrogens is 2. The molecule has 0 aliphatic rings. The summed E-state index contributed by atoms with van der Waals surface area (Å²) < 4.78 is 0.164. The fourth-order valence-electron chi connectivity index (χ4n) is 0.690. The van der Waals surface area contributed by atoms with Gasteiger partial charge in [-0.05, 0) is 17.7 Å². The molecule has 1 heterocycles. The molecule has 0 radical (unpaired) electrons. The van der Waals surface area contributed by atoms with Crippen LogP contribution in [0.25, 0.3) is 0 Å². The van der Waals surface area contributed by atoms with Crippen LogP contribution in [0.15, 0.2) is 17.3 Å². The predicted octanol–water partition coefficient (Wildman–Crippen LogP) is 3.02. The lowest BCUT2D eigenvalue weighted by molar-refractivity contribution is 0.798. The number of hydrogen-bond acceptors (Lipinski definition) is 3. The van der Waals surface area contributed by atoms with Crippen molar-refractivity contribution in [3.05, 3.63) is 17.5 Å². The average Bonchev–Trinajstić information content (AvgIpc) is 1.82. The molecular formula is C8H11ClN2S. The van der Waals surface area contributed by atoms with Crippen LogP contribution in [-0.4, -0.2) is 14.7 Å². The van der Waals surface area contributed by atoms with E-state index in [9.17, 15) is 0 Å². The van der Waals surface area contributed by atoms with Gasteiger partial charge in [0.05, 0.1) is 0 Å². The Labute approximate surface area is 81.8 Å². The number of thioether (sulfide) groups is 1. The molecule has 0 unspecified atom stereocenters. The van der Waals surface area contributed by atoms with E-state index in [1.165, 1.54) is 0 Å². The largest absolute Gasteiger partial charge is 0.226 e. The van der Waals surface area contributed by atoms with E-state index < -0.39 is 0 Å².